The monoisotopic (exact) mass is 347 g/mol. The fraction of sp³-hybridized carbons (Fsp3) is 0.133. The van der Waals surface area contributed by atoms with Crippen LogP contribution in [0, 0.1) is 12.7 Å². The van der Waals surface area contributed by atoms with Crippen LogP contribution in [0.3, 0.4) is 0 Å². The Morgan fingerprint density at radius 1 is 1.42 bits per heavy atom. The summed E-state index contributed by atoms with van der Waals surface area (Å²) >= 11 is 1.07. The van der Waals surface area contributed by atoms with Crippen LogP contribution < -0.4 is 16.8 Å². The first-order chi connectivity index (χ1) is 11.5. The number of H-pyrrole nitrogens is 1. The van der Waals surface area contributed by atoms with Crippen molar-refractivity contribution >= 4 is 28.7 Å². The van der Waals surface area contributed by atoms with E-state index in [-0.39, 0.29) is 11.3 Å². The summed E-state index contributed by atoms with van der Waals surface area (Å²) in [5, 5.41) is 0.321. The minimum atomic E-state index is -0.409. The molecule has 0 spiro atoms. The van der Waals surface area contributed by atoms with Gasteiger partial charge < -0.3 is 4.98 Å². The number of aromatic amines is 1. The van der Waals surface area contributed by atoms with Gasteiger partial charge in [0.15, 0.2) is 5.16 Å². The molecule has 2 heterocycles. The third-order valence-electron chi connectivity index (χ3n) is 3.33. The maximum absolute atomic E-state index is 13.2. The topological polar surface area (TPSA) is 106 Å². The van der Waals surface area contributed by atoms with Crippen molar-refractivity contribution in [2.24, 2.45) is 5.84 Å². The van der Waals surface area contributed by atoms with Gasteiger partial charge in [-0.1, -0.05) is 11.8 Å². The number of thioether (sulfide) groups is 1. The SMILES string of the molecule is Cc1cc2nc(SCC(=O)NN)n(-c3ccc(F)cc3)c(=O)c2[nH]1. The van der Waals surface area contributed by atoms with Crippen molar-refractivity contribution in [3.63, 3.8) is 0 Å². The lowest BCUT2D eigenvalue weighted by Crippen LogP contribution is -2.32. The van der Waals surface area contributed by atoms with Crippen LogP contribution in [0.4, 0.5) is 4.39 Å². The molecule has 124 valence electrons. The molecule has 0 saturated heterocycles. The van der Waals surface area contributed by atoms with Crippen LogP contribution in [-0.2, 0) is 4.79 Å². The van der Waals surface area contributed by atoms with Gasteiger partial charge in [0.25, 0.3) is 5.56 Å². The summed E-state index contributed by atoms with van der Waals surface area (Å²) in [6.07, 6.45) is 0. The largest absolute Gasteiger partial charge is 0.353 e. The lowest BCUT2D eigenvalue weighted by Gasteiger charge is -2.11. The Bertz CT molecular complexity index is 964. The first-order valence-corrected chi connectivity index (χ1v) is 7.98. The summed E-state index contributed by atoms with van der Waals surface area (Å²) in [5.41, 5.74) is 3.81. The number of rotatable bonds is 4. The summed E-state index contributed by atoms with van der Waals surface area (Å²) < 4.78 is 14.5. The molecule has 0 aliphatic heterocycles. The lowest BCUT2D eigenvalue weighted by molar-refractivity contribution is -0.118. The Balaban J connectivity index is 2.19. The summed E-state index contributed by atoms with van der Waals surface area (Å²) in [6, 6.07) is 7.22. The molecule has 4 N–H and O–H groups in total. The number of aryl methyl sites for hydroxylation is 1. The number of nitrogens with one attached hydrogen (secondary N) is 2. The number of carbonyl (C=O) groups is 1. The van der Waals surface area contributed by atoms with Crippen LogP contribution in [0.15, 0.2) is 40.3 Å². The zero-order valence-corrected chi connectivity index (χ0v) is 13.5. The van der Waals surface area contributed by atoms with Gasteiger partial charge in [0.1, 0.15) is 11.3 Å². The van der Waals surface area contributed by atoms with Crippen LogP contribution in [0.5, 0.6) is 0 Å². The highest BCUT2D eigenvalue weighted by atomic mass is 32.2. The maximum Gasteiger partial charge on any atom is 0.283 e. The maximum atomic E-state index is 13.2. The van der Waals surface area contributed by atoms with Crippen LogP contribution in [0.2, 0.25) is 0 Å². The highest BCUT2D eigenvalue weighted by Crippen LogP contribution is 2.21. The van der Waals surface area contributed by atoms with Gasteiger partial charge in [0, 0.05) is 5.69 Å². The smallest absolute Gasteiger partial charge is 0.283 e. The molecule has 3 rings (SSSR count). The van der Waals surface area contributed by atoms with Gasteiger partial charge in [-0.15, -0.1) is 0 Å². The molecule has 2 aromatic heterocycles. The molecule has 9 heteroatoms. The number of hydrazine groups is 1. The molecule has 0 fully saturated rings. The Hall–Kier alpha value is -2.65. The zero-order valence-electron chi connectivity index (χ0n) is 12.7. The van der Waals surface area contributed by atoms with Crippen LogP contribution in [0.1, 0.15) is 5.69 Å². The molecule has 0 atom stereocenters. The van der Waals surface area contributed by atoms with Crippen molar-refractivity contribution in [1.82, 2.24) is 20.0 Å². The number of hydrogen-bond donors (Lipinski definition) is 3. The second-order valence-corrected chi connectivity index (χ2v) is 6.02. The number of benzene rings is 1. The second kappa shape index (κ2) is 6.46. The van der Waals surface area contributed by atoms with Crippen molar-refractivity contribution in [2.75, 3.05) is 5.75 Å². The fourth-order valence-corrected chi connectivity index (χ4v) is 3.09. The Labute approximate surface area is 140 Å². The average Bonchev–Trinajstić information content (AvgIpc) is 2.94. The first kappa shape index (κ1) is 16.2. The summed E-state index contributed by atoms with van der Waals surface area (Å²) in [7, 11) is 0. The highest BCUT2D eigenvalue weighted by molar-refractivity contribution is 7.99. The van der Waals surface area contributed by atoms with Gasteiger partial charge in [-0.25, -0.2) is 15.2 Å². The number of fused-ring (bicyclic) bond motifs is 1. The van der Waals surface area contributed by atoms with Gasteiger partial charge in [-0.3, -0.25) is 19.6 Å². The molecule has 1 amide bonds. The summed E-state index contributed by atoms with van der Waals surface area (Å²) in [5.74, 6) is 4.27. The van der Waals surface area contributed by atoms with E-state index in [2.05, 4.69) is 9.97 Å². The third kappa shape index (κ3) is 3.03. The van der Waals surface area contributed by atoms with E-state index in [4.69, 9.17) is 5.84 Å². The molecule has 0 aliphatic rings. The van der Waals surface area contributed by atoms with Gasteiger partial charge >= 0.3 is 0 Å². The normalized spacial score (nSPS) is 11.0. The quantitative estimate of drug-likeness (QED) is 0.216. The van der Waals surface area contributed by atoms with Crippen molar-refractivity contribution in [3.8, 4) is 5.69 Å². The van der Waals surface area contributed by atoms with Crippen molar-refractivity contribution in [2.45, 2.75) is 12.1 Å². The van der Waals surface area contributed by atoms with Crippen LogP contribution in [0.25, 0.3) is 16.7 Å². The predicted molar refractivity (Wildman–Crippen MR) is 89.4 cm³/mol. The summed E-state index contributed by atoms with van der Waals surface area (Å²) in [4.78, 5) is 31.6. The number of carbonyl (C=O) groups excluding carboxylic acids is 1. The van der Waals surface area contributed by atoms with E-state index in [1.54, 1.807) is 6.07 Å². The minimum Gasteiger partial charge on any atom is -0.353 e. The molecule has 0 aliphatic carbocycles. The van der Waals surface area contributed by atoms with E-state index < -0.39 is 11.7 Å². The molecule has 0 bridgehead atoms. The number of hydrogen-bond acceptors (Lipinski definition) is 5. The number of nitrogens with zero attached hydrogens (tertiary/aromatic N) is 2. The van der Waals surface area contributed by atoms with E-state index in [9.17, 15) is 14.0 Å². The fourth-order valence-electron chi connectivity index (χ4n) is 2.26. The van der Waals surface area contributed by atoms with Gasteiger partial charge in [-0.2, -0.15) is 0 Å². The second-order valence-electron chi connectivity index (χ2n) is 5.08. The van der Waals surface area contributed by atoms with E-state index >= 15 is 0 Å². The summed E-state index contributed by atoms with van der Waals surface area (Å²) in [6.45, 7) is 1.82. The third-order valence-corrected chi connectivity index (χ3v) is 4.27. The highest BCUT2D eigenvalue weighted by Gasteiger charge is 2.16. The van der Waals surface area contributed by atoms with Crippen molar-refractivity contribution in [1.29, 1.82) is 0 Å². The van der Waals surface area contributed by atoms with E-state index in [0.717, 1.165) is 17.5 Å². The minimum absolute atomic E-state index is 0.000946. The van der Waals surface area contributed by atoms with Crippen LogP contribution >= 0.6 is 11.8 Å². The number of halogens is 1. The lowest BCUT2D eigenvalue weighted by atomic mass is 10.3. The van der Waals surface area contributed by atoms with Gasteiger partial charge in [0.2, 0.25) is 5.91 Å². The van der Waals surface area contributed by atoms with Crippen molar-refractivity contribution in [3.05, 3.63) is 52.2 Å². The molecular weight excluding hydrogens is 333 g/mol. The van der Waals surface area contributed by atoms with E-state index in [0.29, 0.717) is 21.9 Å². The molecule has 0 radical (unpaired) electrons. The standard InChI is InChI=1S/C15H14FN5O2S/c1-8-6-11-13(18-8)14(23)21(10-4-2-9(16)3-5-10)15(19-11)24-7-12(22)20-17/h2-6,18H,7,17H2,1H3,(H,20,22). The number of nitrogens with two attached hydrogens (primary N) is 1. The molecule has 7 nitrogen and oxygen atoms in total. The average molecular weight is 347 g/mol. The molecule has 1 aromatic carbocycles. The molecule has 3 aromatic rings. The number of amides is 1. The van der Waals surface area contributed by atoms with E-state index in [1.165, 1.54) is 28.8 Å². The molecular formula is C15H14FN5O2S. The Kier molecular flexibility index (Phi) is 4.36. The first-order valence-electron chi connectivity index (χ1n) is 7.00. The number of aromatic nitrogens is 3. The van der Waals surface area contributed by atoms with Crippen molar-refractivity contribution < 1.29 is 9.18 Å². The zero-order chi connectivity index (χ0) is 17.3. The molecule has 24 heavy (non-hydrogen) atoms. The Morgan fingerprint density at radius 3 is 2.79 bits per heavy atom. The molecule has 0 unspecified atom stereocenters. The molecule has 0 saturated carbocycles. The van der Waals surface area contributed by atoms with Gasteiger partial charge in [-0.05, 0) is 37.3 Å². The predicted octanol–water partition coefficient (Wildman–Crippen LogP) is 1.24. The van der Waals surface area contributed by atoms with E-state index in [1.807, 2.05) is 12.3 Å². The Morgan fingerprint density at radius 2 is 2.12 bits per heavy atom. The van der Waals surface area contributed by atoms with Crippen LogP contribution in [-0.4, -0.2) is 26.2 Å². The van der Waals surface area contributed by atoms with Gasteiger partial charge in [0.05, 0.1) is 17.0 Å².